The second-order valence-corrected chi connectivity index (χ2v) is 7.56. The topological polar surface area (TPSA) is 80.6 Å². The van der Waals surface area contributed by atoms with Gasteiger partial charge in [-0.05, 0) is 59.2 Å². The SMILES string of the molecule is COc1ccc(CNC(=O)/C(C#N)=C\c2cc(Cl)c(OCc3ccc(F)cc3)c(OC)c2)cc1. The molecule has 1 N–H and O–H groups in total. The molecule has 8 heteroatoms. The van der Waals surface area contributed by atoms with E-state index in [2.05, 4.69) is 5.32 Å². The number of nitrogens with one attached hydrogen (secondary N) is 1. The van der Waals surface area contributed by atoms with E-state index in [1.807, 2.05) is 18.2 Å². The monoisotopic (exact) mass is 480 g/mol. The lowest BCUT2D eigenvalue weighted by atomic mass is 10.1. The molecule has 0 saturated carbocycles. The van der Waals surface area contributed by atoms with Crippen LogP contribution in [-0.4, -0.2) is 20.1 Å². The quantitative estimate of drug-likeness (QED) is 0.332. The number of hydrogen-bond donors (Lipinski definition) is 1. The van der Waals surface area contributed by atoms with Crippen molar-refractivity contribution in [1.29, 1.82) is 5.26 Å². The fourth-order valence-electron chi connectivity index (χ4n) is 3.04. The van der Waals surface area contributed by atoms with Gasteiger partial charge in [-0.25, -0.2) is 4.39 Å². The number of carbonyl (C=O) groups is 1. The third-order valence-corrected chi connectivity index (χ3v) is 5.12. The lowest BCUT2D eigenvalue weighted by Crippen LogP contribution is -2.23. The minimum atomic E-state index is -0.523. The van der Waals surface area contributed by atoms with Gasteiger partial charge < -0.3 is 19.5 Å². The van der Waals surface area contributed by atoms with Gasteiger partial charge in [0, 0.05) is 6.54 Å². The molecular weight excluding hydrogens is 459 g/mol. The number of hydrogen-bond acceptors (Lipinski definition) is 5. The number of rotatable bonds is 9. The zero-order valence-corrected chi connectivity index (χ0v) is 19.4. The normalized spacial score (nSPS) is 10.9. The van der Waals surface area contributed by atoms with Crippen LogP contribution in [0.25, 0.3) is 6.08 Å². The highest BCUT2D eigenvalue weighted by Crippen LogP contribution is 2.37. The van der Waals surface area contributed by atoms with Crippen molar-refractivity contribution >= 4 is 23.6 Å². The molecule has 0 heterocycles. The van der Waals surface area contributed by atoms with E-state index >= 15 is 0 Å². The molecule has 0 spiro atoms. The number of nitriles is 1. The minimum absolute atomic E-state index is 0.0911. The van der Waals surface area contributed by atoms with Crippen LogP contribution in [-0.2, 0) is 17.9 Å². The second kappa shape index (κ2) is 11.7. The van der Waals surface area contributed by atoms with E-state index < -0.39 is 5.91 Å². The van der Waals surface area contributed by atoms with Crippen LogP contribution in [0.15, 0.2) is 66.2 Å². The second-order valence-electron chi connectivity index (χ2n) is 7.15. The lowest BCUT2D eigenvalue weighted by Gasteiger charge is -2.13. The Morgan fingerprint density at radius 1 is 1.06 bits per heavy atom. The Morgan fingerprint density at radius 2 is 1.74 bits per heavy atom. The summed E-state index contributed by atoms with van der Waals surface area (Å²) in [6.07, 6.45) is 1.42. The van der Waals surface area contributed by atoms with Crippen molar-refractivity contribution in [2.24, 2.45) is 0 Å². The van der Waals surface area contributed by atoms with Crippen LogP contribution >= 0.6 is 11.6 Å². The third-order valence-electron chi connectivity index (χ3n) is 4.84. The lowest BCUT2D eigenvalue weighted by molar-refractivity contribution is -0.117. The van der Waals surface area contributed by atoms with Crippen LogP contribution in [0.4, 0.5) is 4.39 Å². The molecule has 6 nitrogen and oxygen atoms in total. The third kappa shape index (κ3) is 6.50. The van der Waals surface area contributed by atoms with Gasteiger partial charge in [0.05, 0.1) is 19.2 Å². The Bertz CT molecular complexity index is 1220. The summed E-state index contributed by atoms with van der Waals surface area (Å²) < 4.78 is 29.4. The van der Waals surface area contributed by atoms with E-state index in [0.717, 1.165) is 11.1 Å². The molecule has 3 rings (SSSR count). The highest BCUT2D eigenvalue weighted by molar-refractivity contribution is 6.32. The van der Waals surface area contributed by atoms with Crippen LogP contribution in [0.3, 0.4) is 0 Å². The van der Waals surface area contributed by atoms with Gasteiger partial charge in [0.2, 0.25) is 0 Å². The summed E-state index contributed by atoms with van der Waals surface area (Å²) >= 11 is 6.39. The van der Waals surface area contributed by atoms with Gasteiger partial charge in [0.15, 0.2) is 11.5 Å². The first-order valence-corrected chi connectivity index (χ1v) is 10.6. The van der Waals surface area contributed by atoms with Gasteiger partial charge in [0.1, 0.15) is 29.8 Å². The van der Waals surface area contributed by atoms with Crippen molar-refractivity contribution in [3.63, 3.8) is 0 Å². The van der Waals surface area contributed by atoms with Crippen molar-refractivity contribution in [2.45, 2.75) is 13.2 Å². The summed E-state index contributed by atoms with van der Waals surface area (Å²) in [5.74, 6) is 0.482. The van der Waals surface area contributed by atoms with E-state index in [9.17, 15) is 14.4 Å². The highest BCUT2D eigenvalue weighted by Gasteiger charge is 2.14. The predicted molar refractivity (Wildman–Crippen MR) is 127 cm³/mol. The molecule has 3 aromatic rings. The first kappa shape index (κ1) is 24.6. The van der Waals surface area contributed by atoms with Crippen LogP contribution in [0.1, 0.15) is 16.7 Å². The van der Waals surface area contributed by atoms with E-state index in [1.165, 1.54) is 25.3 Å². The summed E-state index contributed by atoms with van der Waals surface area (Å²) in [5.41, 5.74) is 2.02. The van der Waals surface area contributed by atoms with Crippen LogP contribution in [0, 0.1) is 17.1 Å². The fourth-order valence-corrected chi connectivity index (χ4v) is 3.31. The summed E-state index contributed by atoms with van der Waals surface area (Å²) in [7, 11) is 3.03. The average Bonchev–Trinajstić information content (AvgIpc) is 2.86. The first-order chi connectivity index (χ1) is 16.4. The Balaban J connectivity index is 1.72. The molecule has 0 radical (unpaired) electrons. The zero-order valence-electron chi connectivity index (χ0n) is 18.6. The molecule has 0 aliphatic carbocycles. The molecule has 0 aliphatic rings. The molecule has 34 heavy (non-hydrogen) atoms. The van der Waals surface area contributed by atoms with E-state index in [1.54, 1.807) is 43.5 Å². The number of halogens is 2. The molecule has 0 saturated heterocycles. The van der Waals surface area contributed by atoms with E-state index in [-0.39, 0.29) is 29.6 Å². The molecule has 0 unspecified atom stereocenters. The predicted octanol–water partition coefficient (Wildman–Crippen LogP) is 5.30. The van der Waals surface area contributed by atoms with Crippen molar-refractivity contribution in [1.82, 2.24) is 5.32 Å². The van der Waals surface area contributed by atoms with Gasteiger partial charge in [-0.3, -0.25) is 4.79 Å². The van der Waals surface area contributed by atoms with E-state index in [0.29, 0.717) is 22.8 Å². The summed E-state index contributed by atoms with van der Waals surface area (Å²) in [6, 6.07) is 18.2. The highest BCUT2D eigenvalue weighted by atomic mass is 35.5. The molecule has 0 aliphatic heterocycles. The van der Waals surface area contributed by atoms with Gasteiger partial charge in [-0.2, -0.15) is 5.26 Å². The van der Waals surface area contributed by atoms with Gasteiger partial charge >= 0.3 is 0 Å². The molecule has 3 aromatic carbocycles. The van der Waals surface area contributed by atoms with Gasteiger partial charge in [-0.15, -0.1) is 0 Å². The Labute approximate surface area is 202 Å². The van der Waals surface area contributed by atoms with Crippen LogP contribution in [0.5, 0.6) is 17.2 Å². The molecule has 0 fully saturated rings. The summed E-state index contributed by atoms with van der Waals surface area (Å²) in [6.45, 7) is 0.408. The van der Waals surface area contributed by atoms with Crippen molar-refractivity contribution < 1.29 is 23.4 Å². The number of amides is 1. The number of nitrogens with zero attached hydrogens (tertiary/aromatic N) is 1. The fraction of sp³-hybridized carbons (Fsp3) is 0.154. The molecule has 0 atom stereocenters. The van der Waals surface area contributed by atoms with Crippen LogP contribution < -0.4 is 19.5 Å². The Morgan fingerprint density at radius 3 is 2.35 bits per heavy atom. The number of benzene rings is 3. The van der Waals surface area contributed by atoms with Crippen molar-refractivity contribution in [3.8, 4) is 23.3 Å². The maximum atomic E-state index is 13.1. The maximum absolute atomic E-state index is 13.1. The summed E-state index contributed by atoms with van der Waals surface area (Å²) in [4.78, 5) is 12.5. The number of ether oxygens (including phenoxy) is 3. The Kier molecular flexibility index (Phi) is 8.49. The number of methoxy groups -OCH3 is 2. The molecular formula is C26H22ClFN2O4. The summed E-state index contributed by atoms with van der Waals surface area (Å²) in [5, 5.41) is 12.5. The van der Waals surface area contributed by atoms with Crippen molar-refractivity contribution in [3.05, 3.63) is 93.8 Å². The molecule has 1 amide bonds. The number of carbonyl (C=O) groups excluding carboxylic acids is 1. The largest absolute Gasteiger partial charge is 0.497 e. The average molecular weight is 481 g/mol. The first-order valence-electron chi connectivity index (χ1n) is 10.2. The van der Waals surface area contributed by atoms with E-state index in [4.69, 9.17) is 25.8 Å². The smallest absolute Gasteiger partial charge is 0.262 e. The van der Waals surface area contributed by atoms with Gasteiger partial charge in [-0.1, -0.05) is 35.9 Å². The molecule has 0 aromatic heterocycles. The van der Waals surface area contributed by atoms with Crippen LogP contribution in [0.2, 0.25) is 5.02 Å². The van der Waals surface area contributed by atoms with Crippen molar-refractivity contribution in [2.75, 3.05) is 14.2 Å². The minimum Gasteiger partial charge on any atom is -0.497 e. The zero-order chi connectivity index (χ0) is 24.5. The Hall–Kier alpha value is -4.02. The standard InChI is InChI=1S/C26H22ClFN2O4/c1-32-22-9-5-17(6-10-22)15-30-26(31)20(14-29)11-19-12-23(27)25(24(13-19)33-2)34-16-18-3-7-21(28)8-4-18/h3-13H,15-16H2,1-2H3,(H,30,31)/b20-11-. The molecule has 0 bridgehead atoms. The van der Waals surface area contributed by atoms with Gasteiger partial charge in [0.25, 0.3) is 5.91 Å². The maximum Gasteiger partial charge on any atom is 0.262 e. The molecule has 174 valence electrons.